The van der Waals surface area contributed by atoms with Gasteiger partial charge in [-0.2, -0.15) is 0 Å². The average Bonchev–Trinajstić information content (AvgIpc) is 2.51. The third kappa shape index (κ3) is 4.83. The van der Waals surface area contributed by atoms with Crippen LogP contribution in [0.3, 0.4) is 0 Å². The van der Waals surface area contributed by atoms with E-state index in [4.69, 9.17) is 11.6 Å². The van der Waals surface area contributed by atoms with Crippen molar-refractivity contribution in [2.75, 3.05) is 6.54 Å². The van der Waals surface area contributed by atoms with Gasteiger partial charge in [-0.3, -0.25) is 0 Å². The third-order valence-corrected chi connectivity index (χ3v) is 3.84. The first-order chi connectivity index (χ1) is 10.2. The fourth-order valence-electron chi connectivity index (χ4n) is 2.39. The molecule has 0 aliphatic carbocycles. The zero-order chi connectivity index (χ0) is 15.1. The average molecular weight is 306 g/mol. The fraction of sp³-hybridized carbons (Fsp3) is 0.333. The van der Waals surface area contributed by atoms with Crippen LogP contribution in [0.5, 0.6) is 0 Å². The summed E-state index contributed by atoms with van der Waals surface area (Å²) < 4.78 is 13.3. The molecule has 2 aromatic rings. The van der Waals surface area contributed by atoms with Crippen molar-refractivity contribution in [3.05, 3.63) is 70.5 Å². The molecule has 1 N–H and O–H groups in total. The summed E-state index contributed by atoms with van der Waals surface area (Å²) in [5, 5.41) is 3.71. The maximum absolute atomic E-state index is 13.3. The van der Waals surface area contributed by atoms with Gasteiger partial charge in [0.1, 0.15) is 5.82 Å². The molecule has 2 aromatic carbocycles. The molecule has 1 unspecified atom stereocenters. The van der Waals surface area contributed by atoms with Gasteiger partial charge < -0.3 is 5.32 Å². The first kappa shape index (κ1) is 16.0. The molecule has 3 heteroatoms. The van der Waals surface area contributed by atoms with E-state index < -0.39 is 0 Å². The summed E-state index contributed by atoms with van der Waals surface area (Å²) in [4.78, 5) is 0. The standard InChI is InChI=1S/C18H21ClFN/c1-2-12-21-18(11-8-14-6-4-3-5-7-14)15-9-10-17(20)16(19)13-15/h3-7,9-10,13,18,21H,2,8,11-12H2,1H3. The zero-order valence-electron chi connectivity index (χ0n) is 12.3. The molecule has 1 nitrogen and oxygen atoms in total. The van der Waals surface area contributed by atoms with Crippen molar-refractivity contribution >= 4 is 11.6 Å². The fourth-order valence-corrected chi connectivity index (χ4v) is 2.58. The number of aryl methyl sites for hydroxylation is 1. The molecule has 0 radical (unpaired) electrons. The molecular weight excluding hydrogens is 285 g/mol. The molecule has 0 spiro atoms. The number of nitrogens with one attached hydrogen (secondary N) is 1. The lowest BCUT2D eigenvalue weighted by Crippen LogP contribution is -2.22. The number of benzene rings is 2. The van der Waals surface area contributed by atoms with Gasteiger partial charge in [0.05, 0.1) is 5.02 Å². The molecule has 112 valence electrons. The largest absolute Gasteiger partial charge is 0.310 e. The van der Waals surface area contributed by atoms with Gasteiger partial charge in [-0.05, 0) is 49.1 Å². The van der Waals surface area contributed by atoms with Crippen molar-refractivity contribution < 1.29 is 4.39 Å². The lowest BCUT2D eigenvalue weighted by atomic mass is 9.98. The Hall–Kier alpha value is -1.38. The Balaban J connectivity index is 2.08. The van der Waals surface area contributed by atoms with Crippen LogP contribution in [0.15, 0.2) is 48.5 Å². The van der Waals surface area contributed by atoms with Crippen molar-refractivity contribution in [3.63, 3.8) is 0 Å². The molecule has 0 heterocycles. The minimum atomic E-state index is -0.363. The third-order valence-electron chi connectivity index (χ3n) is 3.55. The highest BCUT2D eigenvalue weighted by Crippen LogP contribution is 2.24. The second-order valence-corrected chi connectivity index (χ2v) is 5.61. The topological polar surface area (TPSA) is 12.0 Å². The summed E-state index contributed by atoms with van der Waals surface area (Å²) in [7, 11) is 0. The summed E-state index contributed by atoms with van der Waals surface area (Å²) in [6, 6.07) is 15.6. The van der Waals surface area contributed by atoms with Gasteiger partial charge in [0, 0.05) is 6.04 Å². The number of halogens is 2. The van der Waals surface area contributed by atoms with Crippen LogP contribution in [0.4, 0.5) is 4.39 Å². The molecule has 0 saturated carbocycles. The van der Waals surface area contributed by atoms with Crippen LogP contribution in [0, 0.1) is 5.82 Å². The van der Waals surface area contributed by atoms with E-state index in [2.05, 4.69) is 36.5 Å². The van der Waals surface area contributed by atoms with Gasteiger partial charge in [-0.1, -0.05) is 54.9 Å². The van der Waals surface area contributed by atoms with E-state index in [9.17, 15) is 4.39 Å². The van der Waals surface area contributed by atoms with Crippen LogP contribution >= 0.6 is 11.6 Å². The molecule has 2 rings (SSSR count). The molecule has 1 atom stereocenters. The second-order valence-electron chi connectivity index (χ2n) is 5.20. The minimum Gasteiger partial charge on any atom is -0.310 e. The van der Waals surface area contributed by atoms with Gasteiger partial charge >= 0.3 is 0 Å². The van der Waals surface area contributed by atoms with Crippen LogP contribution in [0.2, 0.25) is 5.02 Å². The quantitative estimate of drug-likeness (QED) is 0.745. The van der Waals surface area contributed by atoms with Crippen LogP contribution in [0.25, 0.3) is 0 Å². The van der Waals surface area contributed by atoms with Crippen LogP contribution in [0.1, 0.15) is 36.9 Å². The normalized spacial score (nSPS) is 12.3. The molecular formula is C18H21ClFN. The Kier molecular flexibility index (Phi) is 6.21. The van der Waals surface area contributed by atoms with E-state index in [0.717, 1.165) is 31.4 Å². The van der Waals surface area contributed by atoms with Crippen molar-refractivity contribution in [3.8, 4) is 0 Å². The first-order valence-corrected chi connectivity index (χ1v) is 7.80. The van der Waals surface area contributed by atoms with Crippen LogP contribution in [-0.4, -0.2) is 6.54 Å². The van der Waals surface area contributed by atoms with Gasteiger partial charge in [0.15, 0.2) is 0 Å². The number of hydrogen-bond acceptors (Lipinski definition) is 1. The Morgan fingerprint density at radius 3 is 2.57 bits per heavy atom. The lowest BCUT2D eigenvalue weighted by Gasteiger charge is -2.19. The summed E-state index contributed by atoms with van der Waals surface area (Å²) in [6.07, 6.45) is 3.01. The summed E-state index contributed by atoms with van der Waals surface area (Å²) in [5.41, 5.74) is 2.36. The molecule has 0 amide bonds. The van der Waals surface area contributed by atoms with Crippen molar-refractivity contribution in [1.82, 2.24) is 5.32 Å². The summed E-state index contributed by atoms with van der Waals surface area (Å²) in [5.74, 6) is -0.363. The molecule has 21 heavy (non-hydrogen) atoms. The van der Waals surface area contributed by atoms with Crippen molar-refractivity contribution in [2.45, 2.75) is 32.2 Å². The van der Waals surface area contributed by atoms with Gasteiger partial charge in [-0.15, -0.1) is 0 Å². The van der Waals surface area contributed by atoms with E-state index in [1.807, 2.05) is 12.1 Å². The molecule has 0 aliphatic heterocycles. The SMILES string of the molecule is CCCNC(CCc1ccccc1)c1ccc(F)c(Cl)c1. The Labute approximate surface area is 131 Å². The second kappa shape index (κ2) is 8.16. The van der Waals surface area contributed by atoms with E-state index in [-0.39, 0.29) is 16.9 Å². The smallest absolute Gasteiger partial charge is 0.141 e. The van der Waals surface area contributed by atoms with Gasteiger partial charge in [0.2, 0.25) is 0 Å². The Morgan fingerprint density at radius 1 is 1.14 bits per heavy atom. The maximum Gasteiger partial charge on any atom is 0.141 e. The summed E-state index contributed by atoms with van der Waals surface area (Å²) >= 11 is 5.91. The number of rotatable bonds is 7. The highest BCUT2D eigenvalue weighted by atomic mass is 35.5. The van der Waals surface area contributed by atoms with Crippen molar-refractivity contribution in [1.29, 1.82) is 0 Å². The molecule has 0 fully saturated rings. The predicted molar refractivity (Wildman–Crippen MR) is 87.2 cm³/mol. The predicted octanol–water partition coefficient (Wildman–Crippen LogP) is 5.15. The van der Waals surface area contributed by atoms with Crippen LogP contribution in [-0.2, 0) is 6.42 Å². The van der Waals surface area contributed by atoms with Crippen molar-refractivity contribution in [2.24, 2.45) is 0 Å². The monoisotopic (exact) mass is 305 g/mol. The van der Waals surface area contributed by atoms with E-state index in [1.54, 1.807) is 6.07 Å². The lowest BCUT2D eigenvalue weighted by molar-refractivity contribution is 0.498. The van der Waals surface area contributed by atoms with E-state index in [0.29, 0.717) is 0 Å². The molecule has 0 saturated heterocycles. The van der Waals surface area contributed by atoms with Crippen LogP contribution < -0.4 is 5.32 Å². The summed E-state index contributed by atoms with van der Waals surface area (Å²) in [6.45, 7) is 3.08. The van der Waals surface area contributed by atoms with E-state index >= 15 is 0 Å². The Bertz CT molecular complexity index is 556. The zero-order valence-corrected chi connectivity index (χ0v) is 13.0. The minimum absolute atomic E-state index is 0.190. The molecule has 0 bridgehead atoms. The van der Waals surface area contributed by atoms with Gasteiger partial charge in [-0.25, -0.2) is 4.39 Å². The van der Waals surface area contributed by atoms with E-state index in [1.165, 1.54) is 11.6 Å². The number of hydrogen-bond donors (Lipinski definition) is 1. The molecule has 0 aromatic heterocycles. The highest BCUT2D eigenvalue weighted by molar-refractivity contribution is 6.30. The molecule has 0 aliphatic rings. The highest BCUT2D eigenvalue weighted by Gasteiger charge is 2.12. The maximum atomic E-state index is 13.3. The first-order valence-electron chi connectivity index (χ1n) is 7.43. The van der Waals surface area contributed by atoms with Gasteiger partial charge in [0.25, 0.3) is 0 Å². The Morgan fingerprint density at radius 2 is 1.90 bits per heavy atom.